The molecule has 30 heavy (non-hydrogen) atoms. The number of benzene rings is 3. The van der Waals surface area contributed by atoms with E-state index < -0.39 is 5.54 Å². The second-order valence-corrected chi connectivity index (χ2v) is 7.64. The summed E-state index contributed by atoms with van der Waals surface area (Å²) >= 11 is 0. The zero-order valence-electron chi connectivity index (χ0n) is 17.5. The van der Waals surface area contributed by atoms with Crippen molar-refractivity contribution in [3.8, 4) is 0 Å². The molecule has 0 heterocycles. The highest BCUT2D eigenvalue weighted by molar-refractivity contribution is 5.96. The fourth-order valence-electron chi connectivity index (χ4n) is 3.29. The van der Waals surface area contributed by atoms with Gasteiger partial charge in [0.05, 0.1) is 5.54 Å². The third kappa shape index (κ3) is 5.06. The fraction of sp³-hybridized carbons (Fsp3) is 0.200. The van der Waals surface area contributed by atoms with Crippen LogP contribution < -0.4 is 16.0 Å². The molecule has 5 heteroatoms. The van der Waals surface area contributed by atoms with E-state index in [1.807, 2.05) is 81.4 Å². The van der Waals surface area contributed by atoms with Crippen molar-refractivity contribution < 1.29 is 9.59 Å². The summed E-state index contributed by atoms with van der Waals surface area (Å²) in [5.74, 6) is -0.191. The standard InChI is InChI=1S/C25H27N3O2/c1-18(2)26-24(30)27-22-16-14-19(15-17-22)23(29)28-25(3,20-10-6-4-7-11-20)21-12-8-5-9-13-21/h4-18H,1-3H3,(H,28,29)(H2,26,27,30). The van der Waals surface area contributed by atoms with Crippen LogP contribution in [0.15, 0.2) is 84.9 Å². The summed E-state index contributed by atoms with van der Waals surface area (Å²) in [6.07, 6.45) is 0. The Morgan fingerprint density at radius 1 is 0.767 bits per heavy atom. The highest BCUT2D eigenvalue weighted by atomic mass is 16.2. The van der Waals surface area contributed by atoms with E-state index in [0.717, 1.165) is 11.1 Å². The number of anilines is 1. The Morgan fingerprint density at radius 3 is 1.73 bits per heavy atom. The molecular weight excluding hydrogens is 374 g/mol. The van der Waals surface area contributed by atoms with Gasteiger partial charge in [-0.2, -0.15) is 0 Å². The number of carbonyl (C=O) groups is 2. The quantitative estimate of drug-likeness (QED) is 0.549. The summed E-state index contributed by atoms with van der Waals surface area (Å²) in [5.41, 5.74) is 2.44. The van der Waals surface area contributed by atoms with Crippen LogP contribution in [0.25, 0.3) is 0 Å². The first-order chi connectivity index (χ1) is 14.4. The van der Waals surface area contributed by atoms with E-state index in [0.29, 0.717) is 11.3 Å². The molecule has 3 aromatic rings. The first kappa shape index (κ1) is 21.1. The number of hydrogen-bond acceptors (Lipinski definition) is 2. The number of carbonyl (C=O) groups excluding carboxylic acids is 2. The predicted molar refractivity (Wildman–Crippen MR) is 121 cm³/mol. The van der Waals surface area contributed by atoms with Gasteiger partial charge in [0.2, 0.25) is 0 Å². The van der Waals surface area contributed by atoms with Crippen molar-refractivity contribution in [1.82, 2.24) is 10.6 Å². The van der Waals surface area contributed by atoms with Crippen molar-refractivity contribution in [3.63, 3.8) is 0 Å². The lowest BCUT2D eigenvalue weighted by atomic mass is 9.84. The molecular formula is C25H27N3O2. The van der Waals surface area contributed by atoms with Crippen LogP contribution in [-0.2, 0) is 5.54 Å². The van der Waals surface area contributed by atoms with Crippen molar-refractivity contribution >= 4 is 17.6 Å². The maximum absolute atomic E-state index is 13.1. The monoisotopic (exact) mass is 401 g/mol. The number of amides is 3. The smallest absolute Gasteiger partial charge is 0.319 e. The molecule has 5 nitrogen and oxygen atoms in total. The zero-order chi connectivity index (χ0) is 21.6. The Bertz CT molecular complexity index is 944. The largest absolute Gasteiger partial charge is 0.339 e. The van der Waals surface area contributed by atoms with E-state index in [4.69, 9.17) is 0 Å². The molecule has 3 amide bonds. The summed E-state index contributed by atoms with van der Waals surface area (Å²) in [5, 5.41) is 8.71. The van der Waals surface area contributed by atoms with E-state index >= 15 is 0 Å². The van der Waals surface area contributed by atoms with Gasteiger partial charge < -0.3 is 16.0 Å². The van der Waals surface area contributed by atoms with E-state index in [-0.39, 0.29) is 18.0 Å². The van der Waals surface area contributed by atoms with Gasteiger partial charge in [-0.15, -0.1) is 0 Å². The molecule has 0 saturated heterocycles. The van der Waals surface area contributed by atoms with E-state index in [1.54, 1.807) is 24.3 Å². The lowest BCUT2D eigenvalue weighted by molar-refractivity contribution is 0.0919. The molecule has 0 aliphatic heterocycles. The Labute approximate surface area is 177 Å². The summed E-state index contributed by atoms with van der Waals surface area (Å²) in [6.45, 7) is 5.79. The van der Waals surface area contributed by atoms with Gasteiger partial charge in [0.15, 0.2) is 0 Å². The molecule has 3 N–H and O–H groups in total. The van der Waals surface area contributed by atoms with Crippen molar-refractivity contribution in [2.24, 2.45) is 0 Å². The fourth-order valence-corrected chi connectivity index (χ4v) is 3.29. The Kier molecular flexibility index (Phi) is 6.52. The van der Waals surface area contributed by atoms with E-state index in [1.165, 1.54) is 0 Å². The minimum atomic E-state index is -0.687. The van der Waals surface area contributed by atoms with E-state index in [2.05, 4.69) is 16.0 Å². The predicted octanol–water partition coefficient (Wildman–Crippen LogP) is 4.91. The Hall–Kier alpha value is -3.60. The molecule has 0 fully saturated rings. The van der Waals surface area contributed by atoms with Crippen molar-refractivity contribution in [2.45, 2.75) is 32.4 Å². The molecule has 0 atom stereocenters. The Morgan fingerprint density at radius 2 is 1.27 bits per heavy atom. The molecule has 3 rings (SSSR count). The molecule has 0 aliphatic rings. The zero-order valence-corrected chi connectivity index (χ0v) is 17.5. The normalized spacial score (nSPS) is 11.1. The van der Waals surface area contributed by atoms with Gasteiger partial charge in [0.1, 0.15) is 0 Å². The number of hydrogen-bond donors (Lipinski definition) is 3. The molecule has 0 bridgehead atoms. The van der Waals surface area contributed by atoms with Gasteiger partial charge in [0.25, 0.3) is 5.91 Å². The van der Waals surface area contributed by atoms with Crippen molar-refractivity contribution in [3.05, 3.63) is 102 Å². The third-order valence-corrected chi connectivity index (χ3v) is 4.89. The molecule has 0 aliphatic carbocycles. The maximum atomic E-state index is 13.1. The second-order valence-electron chi connectivity index (χ2n) is 7.64. The highest BCUT2D eigenvalue weighted by Crippen LogP contribution is 2.29. The van der Waals surface area contributed by atoms with Crippen LogP contribution in [0.4, 0.5) is 10.5 Å². The van der Waals surface area contributed by atoms with Gasteiger partial charge >= 0.3 is 6.03 Å². The minimum absolute atomic E-state index is 0.0451. The first-order valence-electron chi connectivity index (χ1n) is 9.99. The summed E-state index contributed by atoms with van der Waals surface area (Å²) in [7, 11) is 0. The van der Waals surface area contributed by atoms with Gasteiger partial charge in [-0.1, -0.05) is 60.7 Å². The van der Waals surface area contributed by atoms with Crippen LogP contribution in [-0.4, -0.2) is 18.0 Å². The molecule has 0 unspecified atom stereocenters. The number of rotatable bonds is 6. The average molecular weight is 402 g/mol. The third-order valence-electron chi connectivity index (χ3n) is 4.89. The number of urea groups is 1. The van der Waals surface area contributed by atoms with Gasteiger partial charge in [-0.25, -0.2) is 4.79 Å². The first-order valence-corrected chi connectivity index (χ1v) is 9.99. The van der Waals surface area contributed by atoms with Crippen LogP contribution >= 0.6 is 0 Å². The lowest BCUT2D eigenvalue weighted by Crippen LogP contribution is -2.44. The maximum Gasteiger partial charge on any atom is 0.319 e. The number of nitrogens with one attached hydrogen (secondary N) is 3. The SMILES string of the molecule is CC(C)NC(=O)Nc1ccc(C(=O)NC(C)(c2ccccc2)c2ccccc2)cc1. The minimum Gasteiger partial charge on any atom is -0.339 e. The molecule has 3 aromatic carbocycles. The summed E-state index contributed by atoms with van der Waals surface area (Å²) < 4.78 is 0. The van der Waals surface area contributed by atoms with Crippen LogP contribution in [0.5, 0.6) is 0 Å². The van der Waals surface area contributed by atoms with Crippen LogP contribution in [0.2, 0.25) is 0 Å². The molecule has 0 radical (unpaired) electrons. The van der Waals surface area contributed by atoms with Gasteiger partial charge in [-0.05, 0) is 56.2 Å². The Balaban J connectivity index is 1.81. The van der Waals surface area contributed by atoms with Gasteiger partial charge in [-0.3, -0.25) is 4.79 Å². The summed E-state index contributed by atoms with van der Waals surface area (Å²) in [6, 6.07) is 26.4. The molecule has 0 saturated carbocycles. The topological polar surface area (TPSA) is 70.2 Å². The van der Waals surface area contributed by atoms with Crippen molar-refractivity contribution in [2.75, 3.05) is 5.32 Å². The molecule has 154 valence electrons. The van der Waals surface area contributed by atoms with Crippen molar-refractivity contribution in [1.29, 1.82) is 0 Å². The molecule has 0 aromatic heterocycles. The van der Waals surface area contributed by atoms with Gasteiger partial charge in [0, 0.05) is 17.3 Å². The van der Waals surface area contributed by atoms with E-state index in [9.17, 15) is 9.59 Å². The van der Waals surface area contributed by atoms with Crippen LogP contribution in [0.1, 0.15) is 42.3 Å². The second kappa shape index (κ2) is 9.27. The highest BCUT2D eigenvalue weighted by Gasteiger charge is 2.30. The summed E-state index contributed by atoms with van der Waals surface area (Å²) in [4.78, 5) is 24.9. The average Bonchev–Trinajstić information content (AvgIpc) is 2.74. The lowest BCUT2D eigenvalue weighted by Gasteiger charge is -2.32. The van der Waals surface area contributed by atoms with Crippen LogP contribution in [0, 0.1) is 0 Å². The van der Waals surface area contributed by atoms with Crippen LogP contribution in [0.3, 0.4) is 0 Å². The molecule has 0 spiro atoms.